The van der Waals surface area contributed by atoms with Gasteiger partial charge in [-0.05, 0) is 31.0 Å². The van der Waals surface area contributed by atoms with E-state index in [9.17, 15) is 8.42 Å². The van der Waals surface area contributed by atoms with Crippen molar-refractivity contribution in [3.63, 3.8) is 0 Å². The summed E-state index contributed by atoms with van der Waals surface area (Å²) >= 11 is 1.20. The number of hydrogen-bond acceptors (Lipinski definition) is 8. The monoisotopic (exact) mass is 417 g/mol. The minimum atomic E-state index is -3.53. The molecule has 1 aliphatic carbocycles. The third kappa shape index (κ3) is 3.31. The highest BCUT2D eigenvalue weighted by Crippen LogP contribution is 2.40. The van der Waals surface area contributed by atoms with Gasteiger partial charge in [0.1, 0.15) is 10.0 Å². The lowest BCUT2D eigenvalue weighted by Crippen LogP contribution is -2.48. The minimum Gasteiger partial charge on any atom is -0.354 e. The third-order valence-corrected chi connectivity index (χ3v) is 8.32. The highest BCUT2D eigenvalue weighted by atomic mass is 32.2. The van der Waals surface area contributed by atoms with Crippen molar-refractivity contribution in [3.05, 3.63) is 41.7 Å². The normalized spacial score (nSPS) is 18.5. The molecule has 1 aliphatic heterocycles. The summed E-state index contributed by atoms with van der Waals surface area (Å²) < 4.78 is 33.2. The van der Waals surface area contributed by atoms with Gasteiger partial charge >= 0.3 is 0 Å². The van der Waals surface area contributed by atoms with Gasteiger partial charge in [0, 0.05) is 49.2 Å². The Bertz CT molecular complexity index is 1070. The fourth-order valence-corrected chi connectivity index (χ4v) is 5.98. The van der Waals surface area contributed by atoms with Gasteiger partial charge in [-0.2, -0.15) is 9.29 Å². The second-order valence-electron chi connectivity index (χ2n) is 6.96. The first kappa shape index (κ1) is 17.8. The van der Waals surface area contributed by atoms with E-state index in [-0.39, 0.29) is 0 Å². The molecule has 0 spiro atoms. The summed E-state index contributed by atoms with van der Waals surface area (Å²) in [5, 5.41) is 5.77. The van der Waals surface area contributed by atoms with Crippen LogP contribution in [0.25, 0.3) is 11.4 Å². The fourth-order valence-electron chi connectivity index (χ4n) is 3.24. The molecule has 0 atom stereocenters. The van der Waals surface area contributed by atoms with Crippen molar-refractivity contribution in [1.29, 1.82) is 0 Å². The van der Waals surface area contributed by atoms with E-state index in [0.717, 1.165) is 18.7 Å². The van der Waals surface area contributed by atoms with E-state index in [1.165, 1.54) is 15.6 Å². The molecule has 4 heterocycles. The molecule has 146 valence electrons. The molecule has 28 heavy (non-hydrogen) atoms. The van der Waals surface area contributed by atoms with Gasteiger partial charge in [-0.3, -0.25) is 0 Å². The van der Waals surface area contributed by atoms with Crippen LogP contribution in [0.3, 0.4) is 0 Å². The van der Waals surface area contributed by atoms with E-state index in [1.807, 2.05) is 18.2 Å². The van der Waals surface area contributed by atoms with Crippen LogP contribution in [0.1, 0.15) is 24.7 Å². The van der Waals surface area contributed by atoms with Crippen LogP contribution < -0.4 is 4.90 Å². The molecule has 0 radical (unpaired) electrons. The van der Waals surface area contributed by atoms with Crippen molar-refractivity contribution < 1.29 is 12.9 Å². The molecule has 2 aliphatic rings. The maximum atomic E-state index is 13.0. The molecule has 1 saturated carbocycles. The van der Waals surface area contributed by atoms with E-state index < -0.39 is 10.0 Å². The molecule has 2 fully saturated rings. The van der Waals surface area contributed by atoms with Gasteiger partial charge < -0.3 is 9.42 Å². The average Bonchev–Trinajstić information content (AvgIpc) is 3.25. The molecule has 1 saturated heterocycles. The van der Waals surface area contributed by atoms with E-state index >= 15 is 0 Å². The molecule has 0 amide bonds. The average molecular weight is 418 g/mol. The zero-order chi connectivity index (χ0) is 19.1. The number of rotatable bonds is 5. The lowest BCUT2D eigenvalue weighted by Gasteiger charge is -2.34. The van der Waals surface area contributed by atoms with Crippen LogP contribution in [0.2, 0.25) is 0 Å². The van der Waals surface area contributed by atoms with E-state index in [4.69, 9.17) is 4.52 Å². The molecular weight excluding hydrogens is 398 g/mol. The fraction of sp³-hybridized carbons (Fsp3) is 0.389. The molecule has 3 aromatic heterocycles. The maximum absolute atomic E-state index is 13.0. The SMILES string of the molecule is O=S(=O)(c1cc(-c2noc(C3CC3)n2)cs1)N1CCN(c2ccccn2)CC1. The maximum Gasteiger partial charge on any atom is 0.252 e. The van der Waals surface area contributed by atoms with Crippen LogP contribution in [-0.4, -0.2) is 54.0 Å². The van der Waals surface area contributed by atoms with Crippen LogP contribution in [-0.2, 0) is 10.0 Å². The van der Waals surface area contributed by atoms with Gasteiger partial charge in [-0.1, -0.05) is 11.2 Å². The highest BCUT2D eigenvalue weighted by molar-refractivity contribution is 7.91. The second-order valence-corrected chi connectivity index (χ2v) is 10.0. The third-order valence-electron chi connectivity index (χ3n) is 5.01. The lowest BCUT2D eigenvalue weighted by atomic mass is 10.3. The molecule has 5 rings (SSSR count). The smallest absolute Gasteiger partial charge is 0.252 e. The number of thiophene rings is 1. The van der Waals surface area contributed by atoms with Crippen molar-refractivity contribution in [2.75, 3.05) is 31.1 Å². The van der Waals surface area contributed by atoms with Crippen LogP contribution >= 0.6 is 11.3 Å². The summed E-state index contributed by atoms with van der Waals surface area (Å²) in [6, 6.07) is 7.39. The molecule has 0 bridgehead atoms. The Morgan fingerprint density at radius 3 is 2.68 bits per heavy atom. The standard InChI is InChI=1S/C18H19N5O3S2/c24-28(25,23-9-7-22(8-10-23)15-3-1-2-6-19-15)16-11-14(12-27-16)17-20-18(26-21-17)13-4-5-13/h1-3,6,11-13H,4-5,7-10H2. The Kier molecular flexibility index (Phi) is 4.41. The second kappa shape index (κ2) is 6.94. The van der Waals surface area contributed by atoms with Crippen LogP contribution in [0.4, 0.5) is 5.82 Å². The van der Waals surface area contributed by atoms with Gasteiger partial charge in [0.15, 0.2) is 0 Å². The van der Waals surface area contributed by atoms with Crippen LogP contribution in [0.15, 0.2) is 44.6 Å². The van der Waals surface area contributed by atoms with E-state index in [2.05, 4.69) is 20.0 Å². The van der Waals surface area contributed by atoms with Crippen molar-refractivity contribution >= 4 is 27.2 Å². The number of anilines is 1. The number of nitrogens with zero attached hydrogens (tertiary/aromatic N) is 5. The molecule has 3 aromatic rings. The van der Waals surface area contributed by atoms with E-state index in [1.54, 1.807) is 17.6 Å². The Hall–Kier alpha value is -2.30. The molecule has 0 aromatic carbocycles. The van der Waals surface area contributed by atoms with Gasteiger partial charge in [-0.15, -0.1) is 11.3 Å². The first-order valence-electron chi connectivity index (χ1n) is 9.20. The molecule has 0 unspecified atom stereocenters. The van der Waals surface area contributed by atoms with Gasteiger partial charge in [0.25, 0.3) is 10.0 Å². The minimum absolute atomic E-state index is 0.312. The van der Waals surface area contributed by atoms with Gasteiger partial charge in [0.05, 0.1) is 0 Å². The molecule has 8 nitrogen and oxygen atoms in total. The Balaban J connectivity index is 1.30. The highest BCUT2D eigenvalue weighted by Gasteiger charge is 2.32. The topological polar surface area (TPSA) is 92.4 Å². The molecule has 0 N–H and O–H groups in total. The van der Waals surface area contributed by atoms with Crippen molar-refractivity contribution in [3.8, 4) is 11.4 Å². The largest absolute Gasteiger partial charge is 0.354 e. The Morgan fingerprint density at radius 1 is 1.14 bits per heavy atom. The quantitative estimate of drug-likeness (QED) is 0.630. The number of piperazine rings is 1. The Labute approximate surface area is 166 Å². The lowest BCUT2D eigenvalue weighted by molar-refractivity contribution is 0.380. The zero-order valence-corrected chi connectivity index (χ0v) is 16.7. The summed E-state index contributed by atoms with van der Waals surface area (Å²) in [6.07, 6.45) is 3.91. The number of aromatic nitrogens is 3. The van der Waals surface area contributed by atoms with Gasteiger partial charge in [-0.25, -0.2) is 13.4 Å². The molecular formula is C18H19N5O3S2. The first-order valence-corrected chi connectivity index (χ1v) is 11.5. The Morgan fingerprint density at radius 2 is 1.96 bits per heavy atom. The first-order chi connectivity index (χ1) is 13.6. The summed E-state index contributed by atoms with van der Waals surface area (Å²) in [6.45, 7) is 2.09. The number of pyridine rings is 1. The van der Waals surface area contributed by atoms with Crippen molar-refractivity contribution in [2.24, 2.45) is 0 Å². The van der Waals surface area contributed by atoms with E-state index in [0.29, 0.717) is 53.6 Å². The summed E-state index contributed by atoms with van der Waals surface area (Å²) in [7, 11) is -3.53. The molecule has 10 heteroatoms. The zero-order valence-electron chi connectivity index (χ0n) is 15.1. The van der Waals surface area contributed by atoms with Crippen molar-refractivity contribution in [1.82, 2.24) is 19.4 Å². The predicted octanol–water partition coefficient (Wildman–Crippen LogP) is 2.58. The van der Waals surface area contributed by atoms with Crippen LogP contribution in [0.5, 0.6) is 0 Å². The van der Waals surface area contributed by atoms with Crippen LogP contribution in [0, 0.1) is 0 Å². The summed E-state index contributed by atoms with van der Waals surface area (Å²) in [5.74, 6) is 2.36. The summed E-state index contributed by atoms with van der Waals surface area (Å²) in [5.41, 5.74) is 0.686. The predicted molar refractivity (Wildman–Crippen MR) is 105 cm³/mol. The number of hydrogen-bond donors (Lipinski definition) is 0. The van der Waals surface area contributed by atoms with Gasteiger partial charge in [0.2, 0.25) is 11.7 Å². The van der Waals surface area contributed by atoms with Crippen molar-refractivity contribution in [2.45, 2.75) is 23.0 Å². The number of sulfonamides is 1. The summed E-state index contributed by atoms with van der Waals surface area (Å²) in [4.78, 5) is 10.8.